The highest BCUT2D eigenvalue weighted by Gasteiger charge is 2.32. The lowest BCUT2D eigenvalue weighted by molar-refractivity contribution is -0.140. The Bertz CT molecular complexity index is 574. The minimum atomic E-state index is -1.01. The van der Waals surface area contributed by atoms with E-state index in [0.29, 0.717) is 11.6 Å². The number of rotatable bonds is 6. The van der Waals surface area contributed by atoms with E-state index in [9.17, 15) is 9.59 Å². The largest absolute Gasteiger partial charge is 0.481 e. The Balaban J connectivity index is 0.000000251. The van der Waals surface area contributed by atoms with Gasteiger partial charge in [-0.3, -0.25) is 9.59 Å². The molecule has 0 amide bonds. The summed E-state index contributed by atoms with van der Waals surface area (Å²) in [5, 5.41) is 17.8. The molecule has 1 aromatic rings. The van der Waals surface area contributed by atoms with Gasteiger partial charge in [0.05, 0.1) is 6.42 Å². The van der Waals surface area contributed by atoms with Gasteiger partial charge < -0.3 is 21.7 Å². The quantitative estimate of drug-likeness (QED) is 0.609. The molecule has 1 fully saturated rings. The number of carbonyl (C=O) groups is 2. The van der Waals surface area contributed by atoms with Crippen LogP contribution in [0.2, 0.25) is 5.02 Å². The van der Waals surface area contributed by atoms with Crippen LogP contribution in [0, 0.1) is 5.41 Å². The van der Waals surface area contributed by atoms with Crippen LogP contribution in [-0.2, 0) is 16.0 Å². The molecule has 7 heteroatoms. The number of carboxylic acid groups (broad SMARTS) is 2. The normalized spacial score (nSPS) is 17.1. The van der Waals surface area contributed by atoms with Crippen molar-refractivity contribution in [1.82, 2.24) is 0 Å². The highest BCUT2D eigenvalue weighted by Crippen LogP contribution is 2.38. The molecule has 1 aromatic carbocycles. The van der Waals surface area contributed by atoms with Gasteiger partial charge in [-0.2, -0.15) is 0 Å². The van der Waals surface area contributed by atoms with Gasteiger partial charge in [0.25, 0.3) is 0 Å². The Labute approximate surface area is 153 Å². The van der Waals surface area contributed by atoms with Gasteiger partial charge >= 0.3 is 11.9 Å². The molecule has 1 aliphatic carbocycles. The van der Waals surface area contributed by atoms with Crippen LogP contribution in [0.25, 0.3) is 0 Å². The lowest BCUT2D eigenvalue weighted by atomic mass is 9.72. The smallest absolute Gasteiger partial charge is 0.320 e. The Morgan fingerprint density at radius 3 is 2.24 bits per heavy atom. The summed E-state index contributed by atoms with van der Waals surface area (Å²) in [5.41, 5.74) is 11.7. The second-order valence-electron chi connectivity index (χ2n) is 6.58. The van der Waals surface area contributed by atoms with E-state index in [0.717, 1.165) is 31.2 Å². The molecule has 1 atom stereocenters. The summed E-state index contributed by atoms with van der Waals surface area (Å²) in [4.78, 5) is 21.0. The number of hydrogen-bond donors (Lipinski definition) is 4. The second kappa shape index (κ2) is 10.4. The van der Waals surface area contributed by atoms with Gasteiger partial charge in [0, 0.05) is 5.02 Å². The van der Waals surface area contributed by atoms with Crippen LogP contribution in [0.1, 0.15) is 44.1 Å². The first kappa shape index (κ1) is 21.4. The molecule has 0 spiro atoms. The molecule has 6 N–H and O–H groups in total. The van der Waals surface area contributed by atoms with Crippen molar-refractivity contribution >= 4 is 23.5 Å². The van der Waals surface area contributed by atoms with Gasteiger partial charge in [0.15, 0.2) is 0 Å². The van der Waals surface area contributed by atoms with Crippen LogP contribution in [-0.4, -0.2) is 34.7 Å². The summed E-state index contributed by atoms with van der Waals surface area (Å²) in [6.07, 6.45) is 6.03. The lowest BCUT2D eigenvalue weighted by Crippen LogP contribution is -2.34. The lowest BCUT2D eigenvalue weighted by Gasteiger charge is -2.34. The fourth-order valence-corrected chi connectivity index (χ4v) is 3.28. The van der Waals surface area contributed by atoms with Crippen LogP contribution in [0.4, 0.5) is 0 Å². The molecule has 0 bridgehead atoms. The predicted octanol–water partition coefficient (Wildman–Crippen LogP) is 2.66. The van der Waals surface area contributed by atoms with E-state index in [2.05, 4.69) is 0 Å². The number of halogens is 1. The van der Waals surface area contributed by atoms with Gasteiger partial charge in [0.2, 0.25) is 0 Å². The van der Waals surface area contributed by atoms with Crippen molar-refractivity contribution in [2.24, 2.45) is 16.9 Å². The van der Waals surface area contributed by atoms with E-state index in [1.807, 2.05) is 0 Å². The third kappa shape index (κ3) is 7.42. The number of hydrogen-bond acceptors (Lipinski definition) is 4. The van der Waals surface area contributed by atoms with Crippen molar-refractivity contribution in [2.45, 2.75) is 51.0 Å². The fourth-order valence-electron chi connectivity index (χ4n) is 3.06. The maximum Gasteiger partial charge on any atom is 0.320 e. The Hall–Kier alpha value is -1.63. The van der Waals surface area contributed by atoms with Crippen molar-refractivity contribution in [1.29, 1.82) is 0 Å². The summed E-state index contributed by atoms with van der Waals surface area (Å²) >= 11 is 5.82. The molecule has 6 nitrogen and oxygen atoms in total. The van der Waals surface area contributed by atoms with Gasteiger partial charge in [0.1, 0.15) is 6.04 Å². The van der Waals surface area contributed by atoms with E-state index in [1.54, 1.807) is 24.3 Å². The molecular formula is C18H27ClN2O4. The van der Waals surface area contributed by atoms with E-state index in [1.165, 1.54) is 6.42 Å². The first-order valence-electron chi connectivity index (χ1n) is 8.43. The maximum absolute atomic E-state index is 10.6. The minimum absolute atomic E-state index is 0.0793. The number of benzene rings is 1. The summed E-state index contributed by atoms with van der Waals surface area (Å²) in [5.74, 6) is -1.72. The third-order valence-electron chi connectivity index (χ3n) is 4.59. The zero-order chi connectivity index (χ0) is 18.9. The molecule has 0 heterocycles. The third-order valence-corrected chi connectivity index (χ3v) is 4.96. The predicted molar refractivity (Wildman–Crippen MR) is 97.6 cm³/mol. The topological polar surface area (TPSA) is 127 Å². The highest BCUT2D eigenvalue weighted by molar-refractivity contribution is 6.31. The highest BCUT2D eigenvalue weighted by atomic mass is 35.5. The van der Waals surface area contributed by atoms with Crippen molar-refractivity contribution < 1.29 is 19.8 Å². The monoisotopic (exact) mass is 370 g/mol. The Kier molecular flexibility index (Phi) is 8.89. The van der Waals surface area contributed by atoms with Gasteiger partial charge in [-0.15, -0.1) is 0 Å². The van der Waals surface area contributed by atoms with E-state index < -0.39 is 18.0 Å². The van der Waals surface area contributed by atoms with E-state index in [4.69, 9.17) is 33.3 Å². The summed E-state index contributed by atoms with van der Waals surface area (Å²) in [6.45, 7) is 0.527. The average molecular weight is 371 g/mol. The molecule has 1 saturated carbocycles. The molecule has 25 heavy (non-hydrogen) atoms. The summed E-state index contributed by atoms with van der Waals surface area (Å²) in [7, 11) is 0. The van der Waals surface area contributed by atoms with Crippen LogP contribution < -0.4 is 11.5 Å². The number of nitrogens with two attached hydrogens (primary N) is 2. The molecule has 0 unspecified atom stereocenters. The Morgan fingerprint density at radius 2 is 1.76 bits per heavy atom. The standard InChI is InChI=1S/C9H10ClNO2.C9H17NO2/c10-7-4-2-1-3-6(7)5-8(11)9(12)13;10-7-9(6-8(11)12)4-2-1-3-5-9/h1-4,8H,5,11H2,(H,12,13);1-7,10H2,(H,11,12)/t8-;/m0./s1. The zero-order valence-electron chi connectivity index (χ0n) is 14.3. The van der Waals surface area contributed by atoms with Gasteiger partial charge in [-0.25, -0.2) is 0 Å². The molecule has 2 rings (SSSR count). The van der Waals surface area contributed by atoms with Crippen molar-refractivity contribution in [3.8, 4) is 0 Å². The molecule has 1 aliphatic rings. The molecule has 0 aliphatic heterocycles. The average Bonchev–Trinajstić information content (AvgIpc) is 2.57. The van der Waals surface area contributed by atoms with E-state index >= 15 is 0 Å². The maximum atomic E-state index is 10.6. The SMILES string of the molecule is NCC1(CC(=O)O)CCCCC1.N[C@@H](Cc1ccccc1Cl)C(=O)O. The minimum Gasteiger partial charge on any atom is -0.481 e. The molecular weight excluding hydrogens is 344 g/mol. The number of aliphatic carboxylic acids is 2. The van der Waals surface area contributed by atoms with Gasteiger partial charge in [-0.1, -0.05) is 49.1 Å². The van der Waals surface area contributed by atoms with Crippen molar-refractivity contribution in [3.63, 3.8) is 0 Å². The first-order chi connectivity index (χ1) is 11.8. The second-order valence-corrected chi connectivity index (χ2v) is 6.98. The fraction of sp³-hybridized carbons (Fsp3) is 0.556. The molecule has 0 radical (unpaired) electrons. The molecule has 0 saturated heterocycles. The Morgan fingerprint density at radius 1 is 1.16 bits per heavy atom. The van der Waals surface area contributed by atoms with Crippen molar-refractivity contribution in [3.05, 3.63) is 34.9 Å². The first-order valence-corrected chi connectivity index (χ1v) is 8.81. The van der Waals surface area contributed by atoms with Crippen molar-refractivity contribution in [2.75, 3.05) is 6.54 Å². The summed E-state index contributed by atoms with van der Waals surface area (Å²) < 4.78 is 0. The zero-order valence-corrected chi connectivity index (χ0v) is 15.0. The van der Waals surface area contributed by atoms with Crippen LogP contribution in [0.3, 0.4) is 0 Å². The van der Waals surface area contributed by atoms with Gasteiger partial charge in [-0.05, 0) is 42.9 Å². The number of carboxylic acids is 2. The molecule has 140 valence electrons. The van der Waals surface area contributed by atoms with Crippen LogP contribution >= 0.6 is 11.6 Å². The van der Waals surface area contributed by atoms with Crippen LogP contribution in [0.5, 0.6) is 0 Å². The van der Waals surface area contributed by atoms with Crippen LogP contribution in [0.15, 0.2) is 24.3 Å². The molecule has 0 aromatic heterocycles. The van der Waals surface area contributed by atoms with E-state index in [-0.39, 0.29) is 18.3 Å². The summed E-state index contributed by atoms with van der Waals surface area (Å²) in [6, 6.07) is 6.18.